The van der Waals surface area contributed by atoms with E-state index < -0.39 is 75.0 Å². The molecule has 7 N–H and O–H groups in total. The van der Waals surface area contributed by atoms with Crippen molar-refractivity contribution in [1.29, 1.82) is 0 Å². The number of aliphatic hydroxyl groups excluding tert-OH is 2. The second-order valence-corrected chi connectivity index (χ2v) is 8.96. The summed E-state index contributed by atoms with van der Waals surface area (Å²) in [7, 11) is 3.01. The van der Waals surface area contributed by atoms with E-state index in [4.69, 9.17) is 5.73 Å². The van der Waals surface area contributed by atoms with Crippen LogP contribution in [-0.4, -0.2) is 73.6 Å². The average molecular weight is 444 g/mol. The number of benzene rings is 1. The summed E-state index contributed by atoms with van der Waals surface area (Å²) in [4.78, 5) is 40.0. The van der Waals surface area contributed by atoms with Crippen LogP contribution in [0.3, 0.4) is 0 Å². The molecule has 1 aromatic carbocycles. The van der Waals surface area contributed by atoms with Gasteiger partial charge in [-0.15, -0.1) is 0 Å². The molecule has 0 unspecified atom stereocenters. The molecule has 1 saturated carbocycles. The second-order valence-electron chi connectivity index (χ2n) is 8.96. The summed E-state index contributed by atoms with van der Waals surface area (Å²) < 4.78 is 0. The Kier molecular flexibility index (Phi) is 4.57. The number of amides is 1. The van der Waals surface area contributed by atoms with E-state index in [0.717, 1.165) is 0 Å². The number of Topliss-reactive ketones (excluding diaryl/α,β-unsaturated/α-hetero) is 2. The number of likely N-dealkylation sites (N-methyl/N-ethyl adjacent to an activating group) is 1. The molecule has 0 aliphatic heterocycles. The number of hydrogen-bond donors (Lipinski definition) is 6. The SMILES string of the molecule is CN(C)[C@@H]1C(=O)C(C(N)=O)=C(O)[C@]2(O)C(=O)C3=C(O)c4c(O)cccc4[C@](C)(O)[C@@H]3C[C@H]12. The van der Waals surface area contributed by atoms with Gasteiger partial charge in [0.25, 0.3) is 5.91 Å². The van der Waals surface area contributed by atoms with Gasteiger partial charge in [0.1, 0.15) is 22.8 Å². The topological polar surface area (TPSA) is 182 Å². The molecule has 32 heavy (non-hydrogen) atoms. The molecule has 1 fully saturated rings. The van der Waals surface area contributed by atoms with Crippen LogP contribution in [0, 0.1) is 11.8 Å². The largest absolute Gasteiger partial charge is 0.508 e. The Morgan fingerprint density at radius 1 is 1.16 bits per heavy atom. The maximum Gasteiger partial charge on any atom is 0.255 e. The molecule has 0 saturated heterocycles. The molecule has 10 nitrogen and oxygen atoms in total. The zero-order chi connectivity index (χ0) is 23.9. The van der Waals surface area contributed by atoms with Crippen LogP contribution >= 0.6 is 0 Å². The van der Waals surface area contributed by atoms with Crippen LogP contribution in [0.5, 0.6) is 5.75 Å². The van der Waals surface area contributed by atoms with E-state index in [-0.39, 0.29) is 17.5 Å². The maximum absolute atomic E-state index is 13.7. The van der Waals surface area contributed by atoms with E-state index in [2.05, 4.69) is 0 Å². The van der Waals surface area contributed by atoms with Crippen molar-refractivity contribution in [3.05, 3.63) is 46.2 Å². The van der Waals surface area contributed by atoms with E-state index in [1.807, 2.05) is 0 Å². The number of nitrogens with zero attached hydrogens (tertiary/aromatic N) is 1. The quantitative estimate of drug-likeness (QED) is 0.332. The highest BCUT2D eigenvalue weighted by Gasteiger charge is 2.66. The Balaban J connectivity index is 2.05. The number of nitrogens with two attached hydrogens (primary N) is 1. The highest BCUT2D eigenvalue weighted by molar-refractivity contribution is 6.24. The number of rotatable bonds is 2. The Morgan fingerprint density at radius 2 is 1.78 bits per heavy atom. The third kappa shape index (κ3) is 2.48. The molecule has 1 amide bonds. The van der Waals surface area contributed by atoms with Crippen molar-refractivity contribution in [2.75, 3.05) is 14.1 Å². The minimum atomic E-state index is -2.75. The predicted octanol–water partition coefficient (Wildman–Crippen LogP) is -0.371. The summed E-state index contributed by atoms with van der Waals surface area (Å²) in [5.74, 6) is -7.90. The molecule has 3 aliphatic carbocycles. The van der Waals surface area contributed by atoms with Crippen molar-refractivity contribution in [1.82, 2.24) is 4.90 Å². The van der Waals surface area contributed by atoms with Gasteiger partial charge < -0.3 is 31.3 Å². The van der Waals surface area contributed by atoms with E-state index in [1.165, 1.54) is 44.1 Å². The Hall–Kier alpha value is -3.21. The van der Waals surface area contributed by atoms with Crippen molar-refractivity contribution < 1.29 is 39.9 Å². The number of carbonyl (C=O) groups excluding carboxylic acids is 3. The highest BCUT2D eigenvalue weighted by atomic mass is 16.3. The number of carbonyl (C=O) groups is 3. The fourth-order valence-corrected chi connectivity index (χ4v) is 5.50. The van der Waals surface area contributed by atoms with Crippen LogP contribution < -0.4 is 5.73 Å². The van der Waals surface area contributed by atoms with E-state index in [9.17, 15) is 39.9 Å². The molecule has 3 aliphatic rings. The summed E-state index contributed by atoms with van der Waals surface area (Å²) in [6.07, 6.45) is -0.200. The number of phenolic OH excluding ortho intramolecular Hbond substituents is 1. The lowest BCUT2D eigenvalue weighted by atomic mass is 9.54. The minimum Gasteiger partial charge on any atom is -0.508 e. The van der Waals surface area contributed by atoms with Gasteiger partial charge in [0.2, 0.25) is 5.78 Å². The number of primary amides is 1. The minimum absolute atomic E-state index is 0.170. The lowest BCUT2D eigenvalue weighted by Gasteiger charge is -2.53. The average Bonchev–Trinajstić information content (AvgIpc) is 2.68. The van der Waals surface area contributed by atoms with Crippen LogP contribution in [0.25, 0.3) is 5.76 Å². The van der Waals surface area contributed by atoms with Gasteiger partial charge in [-0.1, -0.05) is 12.1 Å². The van der Waals surface area contributed by atoms with E-state index in [0.29, 0.717) is 0 Å². The van der Waals surface area contributed by atoms with Gasteiger partial charge in [0.15, 0.2) is 11.4 Å². The molecule has 170 valence electrons. The molecule has 0 radical (unpaired) electrons. The summed E-state index contributed by atoms with van der Waals surface area (Å²) in [6.45, 7) is 1.40. The van der Waals surface area contributed by atoms with Crippen LogP contribution in [0.4, 0.5) is 0 Å². The molecule has 0 bridgehead atoms. The second kappa shape index (κ2) is 6.64. The van der Waals surface area contributed by atoms with E-state index in [1.54, 1.807) is 0 Å². The first-order valence-electron chi connectivity index (χ1n) is 9.97. The molecule has 1 aromatic rings. The van der Waals surface area contributed by atoms with Crippen molar-refractivity contribution in [3.8, 4) is 5.75 Å². The van der Waals surface area contributed by atoms with Gasteiger partial charge in [-0.3, -0.25) is 19.3 Å². The molecule has 0 spiro atoms. The van der Waals surface area contributed by atoms with Crippen LogP contribution in [0.15, 0.2) is 35.1 Å². The Labute approximate surface area is 182 Å². The Morgan fingerprint density at radius 3 is 2.34 bits per heavy atom. The number of fused-ring (bicyclic) bond motifs is 3. The van der Waals surface area contributed by atoms with Crippen molar-refractivity contribution in [2.45, 2.75) is 30.6 Å². The third-order valence-electron chi connectivity index (χ3n) is 7.02. The van der Waals surface area contributed by atoms with Gasteiger partial charge >= 0.3 is 0 Å². The number of hydrogen-bond acceptors (Lipinski definition) is 9. The van der Waals surface area contributed by atoms with Crippen LogP contribution in [0.1, 0.15) is 24.5 Å². The molecule has 5 atom stereocenters. The smallest absolute Gasteiger partial charge is 0.255 e. The summed E-state index contributed by atoms with van der Waals surface area (Å²) in [5.41, 5.74) is -0.548. The van der Waals surface area contributed by atoms with Gasteiger partial charge in [-0.05, 0) is 39.1 Å². The maximum atomic E-state index is 13.7. The van der Waals surface area contributed by atoms with Crippen molar-refractivity contribution in [3.63, 3.8) is 0 Å². The van der Waals surface area contributed by atoms with Crippen LogP contribution in [0.2, 0.25) is 0 Å². The standard InChI is InChI=1S/C22H24N2O8/c1-21(31)8-5-4-6-11(25)12(8)16(26)13-9(21)7-10-15(24(2)3)17(27)14(20(23)30)19(29)22(10,32)18(13)28/h4-6,9-10,15,25-26,29,31-32H,7H2,1-3H3,(H2,23,30)/t9-,10-,15+,21+,22-/m1/s1. The zero-order valence-electron chi connectivity index (χ0n) is 17.7. The number of ketones is 2. The summed E-state index contributed by atoms with van der Waals surface area (Å²) in [5, 5.41) is 54.9. The lowest BCUT2D eigenvalue weighted by Crippen LogP contribution is -2.67. The molecule has 10 heteroatoms. The first-order chi connectivity index (χ1) is 14.8. The van der Waals surface area contributed by atoms with Gasteiger partial charge in [-0.25, -0.2) is 0 Å². The van der Waals surface area contributed by atoms with Crippen molar-refractivity contribution in [2.24, 2.45) is 17.6 Å². The number of aromatic hydroxyl groups is 1. The first kappa shape index (κ1) is 22.0. The predicted molar refractivity (Wildman–Crippen MR) is 110 cm³/mol. The summed E-state index contributed by atoms with van der Waals surface area (Å²) >= 11 is 0. The number of phenols is 1. The first-order valence-corrected chi connectivity index (χ1v) is 9.97. The molecule has 4 rings (SSSR count). The lowest BCUT2D eigenvalue weighted by molar-refractivity contribution is -0.159. The van der Waals surface area contributed by atoms with Gasteiger partial charge in [-0.2, -0.15) is 0 Å². The van der Waals surface area contributed by atoms with Crippen molar-refractivity contribution >= 4 is 23.2 Å². The van der Waals surface area contributed by atoms with Crippen LogP contribution in [-0.2, 0) is 20.0 Å². The monoisotopic (exact) mass is 444 g/mol. The molecular weight excluding hydrogens is 420 g/mol. The number of aliphatic hydroxyl groups is 4. The zero-order valence-corrected chi connectivity index (χ0v) is 17.7. The summed E-state index contributed by atoms with van der Waals surface area (Å²) in [6, 6.07) is 3.02. The highest BCUT2D eigenvalue weighted by Crippen LogP contribution is 2.57. The van der Waals surface area contributed by atoms with E-state index >= 15 is 0 Å². The third-order valence-corrected chi connectivity index (χ3v) is 7.02. The fourth-order valence-electron chi connectivity index (χ4n) is 5.50. The molecule has 0 heterocycles. The molecular formula is C22H24N2O8. The fraction of sp³-hybridized carbons (Fsp3) is 0.409. The Bertz CT molecular complexity index is 1150. The normalized spacial score (nSPS) is 34.4. The van der Waals surface area contributed by atoms with Gasteiger partial charge in [0.05, 0.1) is 17.2 Å². The van der Waals surface area contributed by atoms with Gasteiger partial charge in [0, 0.05) is 17.4 Å². The molecule has 0 aromatic heterocycles.